The molecule has 0 aromatic heterocycles. The highest BCUT2D eigenvalue weighted by molar-refractivity contribution is 5.76. The Kier molecular flexibility index (Phi) is 66.4. The molecule has 0 radical (unpaired) electrons. The molecule has 460 valence electrons. The molecule has 3 N–H and O–H groups in total. The maximum absolute atomic E-state index is 12.5. The van der Waals surface area contributed by atoms with E-state index in [-0.39, 0.29) is 18.5 Å². The van der Waals surface area contributed by atoms with Gasteiger partial charge in [0.15, 0.2) is 0 Å². The first kappa shape index (κ1) is 75.9. The van der Waals surface area contributed by atoms with Gasteiger partial charge >= 0.3 is 5.97 Å². The lowest BCUT2D eigenvalue weighted by Crippen LogP contribution is -2.45. The van der Waals surface area contributed by atoms with Gasteiger partial charge in [-0.2, -0.15) is 0 Å². The summed E-state index contributed by atoms with van der Waals surface area (Å²) in [6.07, 6.45) is 81.7. The summed E-state index contributed by atoms with van der Waals surface area (Å²) in [7, 11) is 0. The van der Waals surface area contributed by atoms with Crippen LogP contribution in [0.25, 0.3) is 0 Å². The van der Waals surface area contributed by atoms with Crippen LogP contribution in [-0.4, -0.2) is 47.4 Å². The van der Waals surface area contributed by atoms with Gasteiger partial charge in [-0.1, -0.05) is 380 Å². The van der Waals surface area contributed by atoms with Crippen LogP contribution in [0.3, 0.4) is 0 Å². The number of rotatable bonds is 68. The molecule has 0 aromatic carbocycles. The van der Waals surface area contributed by atoms with Gasteiger partial charge in [0.05, 0.1) is 25.4 Å². The Bertz CT molecular complexity index is 1120. The van der Waals surface area contributed by atoms with Crippen LogP contribution in [-0.2, 0) is 14.3 Å². The van der Waals surface area contributed by atoms with Crippen LogP contribution in [0.2, 0.25) is 0 Å². The summed E-state index contributed by atoms with van der Waals surface area (Å²) in [5, 5.41) is 23.3. The number of hydrogen-bond donors (Lipinski definition) is 3. The Hall–Kier alpha value is -1.14. The fraction of sp³-hybridized carbons (Fsp3) is 0.972. The van der Waals surface area contributed by atoms with Crippen molar-refractivity contribution in [2.24, 2.45) is 0 Å². The van der Waals surface area contributed by atoms with Gasteiger partial charge in [-0.25, -0.2) is 0 Å². The molecule has 6 nitrogen and oxygen atoms in total. The van der Waals surface area contributed by atoms with E-state index in [9.17, 15) is 19.8 Å². The van der Waals surface area contributed by atoms with Crippen molar-refractivity contribution in [2.75, 3.05) is 13.2 Å². The Labute approximate surface area is 483 Å². The zero-order valence-corrected chi connectivity index (χ0v) is 52.7. The van der Waals surface area contributed by atoms with Gasteiger partial charge in [-0.15, -0.1) is 0 Å². The van der Waals surface area contributed by atoms with Crippen LogP contribution in [0.4, 0.5) is 0 Å². The van der Waals surface area contributed by atoms with Gasteiger partial charge in [0.2, 0.25) is 5.91 Å². The SMILES string of the molecule is CCCCCCCCCCCCCCCCC(=O)OCCCCCCCCCCCCCCCCCCCCCCCCCCCCCCCCCCC(=O)NC(CO)C(O)CCCCCCCCCCCCCCCC. The summed E-state index contributed by atoms with van der Waals surface area (Å²) in [4.78, 5) is 24.6. The summed E-state index contributed by atoms with van der Waals surface area (Å²) in [6.45, 7) is 5.00. The van der Waals surface area contributed by atoms with Crippen molar-refractivity contribution >= 4 is 11.9 Å². The number of hydrogen-bond acceptors (Lipinski definition) is 5. The van der Waals surface area contributed by atoms with E-state index in [1.54, 1.807) is 0 Å². The number of unbranched alkanes of at least 4 members (excludes halogenated alkanes) is 57. The van der Waals surface area contributed by atoms with Crippen LogP contribution < -0.4 is 5.32 Å². The lowest BCUT2D eigenvalue weighted by molar-refractivity contribution is -0.143. The average Bonchev–Trinajstić information content (AvgIpc) is 3.43. The number of esters is 1. The predicted molar refractivity (Wildman–Crippen MR) is 338 cm³/mol. The van der Waals surface area contributed by atoms with Gasteiger partial charge < -0.3 is 20.3 Å². The van der Waals surface area contributed by atoms with E-state index in [1.807, 2.05) is 0 Å². The minimum Gasteiger partial charge on any atom is -0.466 e. The number of amides is 1. The van der Waals surface area contributed by atoms with Crippen molar-refractivity contribution in [3.8, 4) is 0 Å². The van der Waals surface area contributed by atoms with E-state index < -0.39 is 12.1 Å². The molecule has 0 saturated carbocycles. The monoisotopic (exact) mass is 1090 g/mol. The second-order valence-electron chi connectivity index (χ2n) is 24.9. The Morgan fingerprint density at radius 2 is 0.532 bits per heavy atom. The van der Waals surface area contributed by atoms with Crippen molar-refractivity contribution in [3.63, 3.8) is 0 Å². The maximum atomic E-state index is 12.5. The van der Waals surface area contributed by atoms with E-state index >= 15 is 0 Å². The number of aliphatic hydroxyl groups is 2. The van der Waals surface area contributed by atoms with E-state index in [4.69, 9.17) is 4.74 Å². The van der Waals surface area contributed by atoms with E-state index in [1.165, 1.54) is 347 Å². The van der Waals surface area contributed by atoms with Crippen LogP contribution in [0.15, 0.2) is 0 Å². The lowest BCUT2D eigenvalue weighted by Gasteiger charge is -2.22. The molecule has 6 heteroatoms. The normalized spacial score (nSPS) is 12.4. The number of nitrogens with one attached hydrogen (secondary N) is 1. The molecule has 0 heterocycles. The third-order valence-electron chi connectivity index (χ3n) is 17.2. The molecule has 1 amide bonds. The summed E-state index contributed by atoms with van der Waals surface area (Å²) < 4.78 is 5.50. The molecule has 0 aromatic rings. The first-order valence-electron chi connectivity index (χ1n) is 35.8. The van der Waals surface area contributed by atoms with Crippen LogP contribution >= 0.6 is 0 Å². The Morgan fingerprint density at radius 1 is 0.312 bits per heavy atom. The summed E-state index contributed by atoms with van der Waals surface area (Å²) in [6, 6.07) is -0.536. The number of carbonyl (C=O) groups is 2. The number of ether oxygens (including phenoxy) is 1. The summed E-state index contributed by atoms with van der Waals surface area (Å²) >= 11 is 0. The minimum atomic E-state index is -0.659. The van der Waals surface area contributed by atoms with Gasteiger partial charge in [0.25, 0.3) is 0 Å². The minimum absolute atomic E-state index is 0.0246. The molecule has 0 rings (SSSR count). The van der Waals surface area contributed by atoms with Crippen molar-refractivity contribution in [1.29, 1.82) is 0 Å². The molecule has 2 unspecified atom stereocenters. The summed E-state index contributed by atoms with van der Waals surface area (Å²) in [5.74, 6) is -0.00243. The predicted octanol–water partition coefficient (Wildman–Crippen LogP) is 23.0. The second kappa shape index (κ2) is 67.4. The highest BCUT2D eigenvalue weighted by Gasteiger charge is 2.20. The smallest absolute Gasteiger partial charge is 0.305 e. The number of aliphatic hydroxyl groups excluding tert-OH is 2. The molecular formula is C71H141NO5. The standard InChI is InChI=1S/C71H141NO5/c1-3-5-7-9-11-13-15-17-39-43-47-51-55-59-63-69(74)68(67-73)72-70(75)64-60-56-52-48-44-40-37-35-33-31-29-27-25-23-21-19-20-22-24-26-28-30-32-34-36-38-42-46-50-54-58-62-66-77-71(76)65-61-57-53-49-45-41-18-16-14-12-10-8-6-4-2/h68-69,73-74H,3-67H2,1-2H3,(H,72,75). The van der Waals surface area contributed by atoms with Gasteiger partial charge in [-0.3, -0.25) is 9.59 Å². The molecule has 0 spiro atoms. The van der Waals surface area contributed by atoms with Crippen molar-refractivity contribution in [2.45, 2.75) is 431 Å². The highest BCUT2D eigenvalue weighted by Crippen LogP contribution is 2.20. The lowest BCUT2D eigenvalue weighted by atomic mass is 10.0. The topological polar surface area (TPSA) is 95.9 Å². The van der Waals surface area contributed by atoms with E-state index in [0.29, 0.717) is 25.9 Å². The molecule has 0 bridgehead atoms. The maximum Gasteiger partial charge on any atom is 0.305 e. The molecule has 2 atom stereocenters. The van der Waals surface area contributed by atoms with Gasteiger partial charge in [0, 0.05) is 12.8 Å². The molecule has 0 aliphatic carbocycles. The van der Waals surface area contributed by atoms with Crippen LogP contribution in [0.5, 0.6) is 0 Å². The second-order valence-corrected chi connectivity index (χ2v) is 24.9. The molecule has 77 heavy (non-hydrogen) atoms. The van der Waals surface area contributed by atoms with E-state index in [2.05, 4.69) is 19.2 Å². The van der Waals surface area contributed by atoms with Crippen LogP contribution in [0.1, 0.15) is 418 Å². The van der Waals surface area contributed by atoms with Crippen molar-refractivity contribution < 1.29 is 24.5 Å². The molecule has 0 aliphatic rings. The van der Waals surface area contributed by atoms with E-state index in [0.717, 1.165) is 38.5 Å². The van der Waals surface area contributed by atoms with Gasteiger partial charge in [0.1, 0.15) is 0 Å². The third kappa shape index (κ3) is 63.9. The quantitative estimate of drug-likeness (QED) is 0.0417. The fourth-order valence-electron chi connectivity index (χ4n) is 11.7. The van der Waals surface area contributed by atoms with Crippen molar-refractivity contribution in [3.05, 3.63) is 0 Å². The zero-order chi connectivity index (χ0) is 55.7. The number of carbonyl (C=O) groups excluding carboxylic acids is 2. The largest absolute Gasteiger partial charge is 0.466 e. The average molecular weight is 1090 g/mol. The molecule has 0 fully saturated rings. The first-order chi connectivity index (χ1) is 38.0. The highest BCUT2D eigenvalue weighted by atomic mass is 16.5. The zero-order valence-electron chi connectivity index (χ0n) is 52.7. The Morgan fingerprint density at radius 3 is 0.792 bits per heavy atom. The first-order valence-corrected chi connectivity index (χ1v) is 35.8. The Balaban J connectivity index is 3.29. The molecule has 0 saturated heterocycles. The molecule has 0 aliphatic heterocycles. The van der Waals surface area contributed by atoms with Gasteiger partial charge in [-0.05, 0) is 25.7 Å². The fourth-order valence-corrected chi connectivity index (χ4v) is 11.7. The van der Waals surface area contributed by atoms with Crippen LogP contribution in [0, 0.1) is 0 Å². The molecular weight excluding hydrogens is 947 g/mol. The summed E-state index contributed by atoms with van der Waals surface area (Å²) in [5.41, 5.74) is 0. The van der Waals surface area contributed by atoms with Crippen molar-refractivity contribution in [1.82, 2.24) is 5.32 Å². The third-order valence-corrected chi connectivity index (χ3v) is 17.2.